The maximum absolute atomic E-state index is 5.61. The Balaban J connectivity index is 2.08. The molecular weight excluding hydrogens is 274 g/mol. The van der Waals surface area contributed by atoms with E-state index in [-0.39, 0.29) is 0 Å². The van der Waals surface area contributed by atoms with Crippen LogP contribution in [0.1, 0.15) is 10.4 Å². The molecule has 0 fully saturated rings. The van der Waals surface area contributed by atoms with Gasteiger partial charge in [0.1, 0.15) is 6.61 Å². The molecule has 2 aromatic rings. The molecule has 0 unspecified atom stereocenters. The molecule has 0 saturated heterocycles. The molecule has 78 valence electrons. The van der Waals surface area contributed by atoms with Gasteiger partial charge in [0, 0.05) is 11.1 Å². The third kappa shape index (κ3) is 2.58. The molecule has 2 aromatic heterocycles. The highest BCUT2D eigenvalue weighted by atomic mass is 79.9. The monoisotopic (exact) mass is 283 g/mol. The van der Waals surface area contributed by atoms with Crippen LogP contribution < -0.4 is 4.74 Å². The molecule has 0 bridgehead atoms. The minimum atomic E-state index is 0.576. The number of ether oxygens (including phenoxy) is 1. The lowest BCUT2D eigenvalue weighted by Crippen LogP contribution is -1.96. The summed E-state index contributed by atoms with van der Waals surface area (Å²) in [6.07, 6.45) is 1.75. The van der Waals surface area contributed by atoms with Gasteiger partial charge in [-0.15, -0.1) is 11.3 Å². The van der Waals surface area contributed by atoms with E-state index in [9.17, 15) is 0 Å². The first-order valence-corrected chi connectivity index (χ1v) is 6.21. The van der Waals surface area contributed by atoms with E-state index >= 15 is 0 Å². The van der Waals surface area contributed by atoms with Crippen molar-refractivity contribution in [1.82, 2.24) is 4.98 Å². The van der Waals surface area contributed by atoms with Crippen LogP contribution in [0.25, 0.3) is 0 Å². The normalized spacial score (nSPS) is 10.3. The second-order valence-electron chi connectivity index (χ2n) is 3.12. The molecule has 0 aliphatic carbocycles. The van der Waals surface area contributed by atoms with Gasteiger partial charge in [0.2, 0.25) is 5.88 Å². The lowest BCUT2D eigenvalue weighted by Gasteiger charge is -2.06. The van der Waals surface area contributed by atoms with Crippen LogP contribution in [0.5, 0.6) is 5.88 Å². The van der Waals surface area contributed by atoms with Crippen LogP contribution in [-0.2, 0) is 6.61 Å². The second-order valence-corrected chi connectivity index (χ2v) is 4.94. The standard InChI is InChI=1S/C11H10BrNOS/c1-8-4-5-13-11(10(8)12)14-7-9-3-2-6-15-9/h2-6H,7H2,1H3. The van der Waals surface area contributed by atoms with Crippen LogP contribution in [0, 0.1) is 6.92 Å². The number of aromatic nitrogens is 1. The average Bonchev–Trinajstić information content (AvgIpc) is 2.73. The van der Waals surface area contributed by atoms with E-state index < -0.39 is 0 Å². The topological polar surface area (TPSA) is 22.1 Å². The van der Waals surface area contributed by atoms with Crippen molar-refractivity contribution in [2.75, 3.05) is 0 Å². The minimum Gasteiger partial charge on any atom is -0.471 e. The predicted octanol–water partition coefficient (Wildman–Crippen LogP) is 3.79. The highest BCUT2D eigenvalue weighted by molar-refractivity contribution is 9.10. The summed E-state index contributed by atoms with van der Waals surface area (Å²) >= 11 is 5.14. The summed E-state index contributed by atoms with van der Waals surface area (Å²) in [4.78, 5) is 5.37. The number of nitrogens with zero attached hydrogens (tertiary/aromatic N) is 1. The molecule has 0 aliphatic rings. The van der Waals surface area contributed by atoms with Gasteiger partial charge in [-0.3, -0.25) is 0 Å². The largest absolute Gasteiger partial charge is 0.471 e. The van der Waals surface area contributed by atoms with Crippen LogP contribution in [0.4, 0.5) is 0 Å². The lowest BCUT2D eigenvalue weighted by molar-refractivity contribution is 0.295. The molecular formula is C11H10BrNOS. The Morgan fingerprint density at radius 1 is 1.47 bits per heavy atom. The van der Waals surface area contributed by atoms with Crippen LogP contribution in [-0.4, -0.2) is 4.98 Å². The number of thiophene rings is 1. The van der Waals surface area contributed by atoms with Gasteiger partial charge in [-0.2, -0.15) is 0 Å². The Hall–Kier alpha value is -0.870. The molecule has 15 heavy (non-hydrogen) atoms. The summed E-state index contributed by atoms with van der Waals surface area (Å²) in [5.41, 5.74) is 1.13. The fourth-order valence-corrected chi connectivity index (χ4v) is 2.12. The number of pyridine rings is 1. The minimum absolute atomic E-state index is 0.576. The summed E-state index contributed by atoms with van der Waals surface area (Å²) < 4.78 is 6.55. The number of halogens is 1. The summed E-state index contributed by atoms with van der Waals surface area (Å²) in [5.74, 6) is 0.656. The third-order valence-corrected chi connectivity index (χ3v) is 3.80. The van der Waals surface area contributed by atoms with Crippen molar-refractivity contribution in [3.05, 3.63) is 44.7 Å². The molecule has 0 saturated carbocycles. The van der Waals surface area contributed by atoms with Gasteiger partial charge in [-0.05, 0) is 45.9 Å². The zero-order chi connectivity index (χ0) is 10.7. The molecule has 0 spiro atoms. The molecule has 0 amide bonds. The summed E-state index contributed by atoms with van der Waals surface area (Å²) in [7, 11) is 0. The first-order valence-electron chi connectivity index (χ1n) is 4.53. The first-order chi connectivity index (χ1) is 7.27. The molecule has 2 heterocycles. The maximum atomic E-state index is 5.61. The fraction of sp³-hybridized carbons (Fsp3) is 0.182. The van der Waals surface area contributed by atoms with Gasteiger partial charge in [-0.1, -0.05) is 6.07 Å². The molecule has 0 aromatic carbocycles. The van der Waals surface area contributed by atoms with E-state index in [1.807, 2.05) is 30.5 Å². The molecule has 0 N–H and O–H groups in total. The quantitative estimate of drug-likeness (QED) is 0.855. The van der Waals surface area contributed by atoms with Crippen molar-refractivity contribution in [3.8, 4) is 5.88 Å². The van der Waals surface area contributed by atoms with Gasteiger partial charge in [-0.25, -0.2) is 4.98 Å². The van der Waals surface area contributed by atoms with Crippen LogP contribution >= 0.6 is 27.3 Å². The summed E-state index contributed by atoms with van der Waals surface area (Å²) in [5, 5.41) is 2.04. The third-order valence-electron chi connectivity index (χ3n) is 1.98. The molecule has 0 atom stereocenters. The fourth-order valence-electron chi connectivity index (χ4n) is 1.15. The number of aryl methyl sites for hydroxylation is 1. The Morgan fingerprint density at radius 3 is 3.07 bits per heavy atom. The summed E-state index contributed by atoms with van der Waals surface area (Å²) in [6.45, 7) is 2.59. The van der Waals surface area contributed by atoms with Gasteiger partial charge < -0.3 is 4.74 Å². The molecule has 0 aliphatic heterocycles. The first kappa shape index (κ1) is 10.6. The lowest BCUT2D eigenvalue weighted by atomic mass is 10.3. The van der Waals surface area contributed by atoms with Gasteiger partial charge in [0.05, 0.1) is 4.47 Å². The SMILES string of the molecule is Cc1ccnc(OCc2cccs2)c1Br. The van der Waals surface area contributed by atoms with Gasteiger partial charge >= 0.3 is 0 Å². The Bertz CT molecular complexity index is 442. The van der Waals surface area contributed by atoms with Crippen molar-refractivity contribution in [2.45, 2.75) is 13.5 Å². The Kier molecular flexibility index (Phi) is 3.38. The van der Waals surface area contributed by atoms with E-state index in [1.165, 1.54) is 4.88 Å². The van der Waals surface area contributed by atoms with E-state index in [0.717, 1.165) is 10.0 Å². The van der Waals surface area contributed by atoms with Crippen molar-refractivity contribution >= 4 is 27.3 Å². The molecule has 2 nitrogen and oxygen atoms in total. The molecule has 4 heteroatoms. The summed E-state index contributed by atoms with van der Waals surface area (Å²) in [6, 6.07) is 6.01. The zero-order valence-corrected chi connectivity index (χ0v) is 10.6. The van der Waals surface area contributed by atoms with Crippen LogP contribution in [0.15, 0.2) is 34.2 Å². The van der Waals surface area contributed by atoms with E-state index in [0.29, 0.717) is 12.5 Å². The highest BCUT2D eigenvalue weighted by Gasteiger charge is 2.05. The van der Waals surface area contributed by atoms with Gasteiger partial charge in [0.25, 0.3) is 0 Å². The van der Waals surface area contributed by atoms with Gasteiger partial charge in [0.15, 0.2) is 0 Å². The van der Waals surface area contributed by atoms with Crippen LogP contribution in [0.3, 0.4) is 0 Å². The predicted molar refractivity (Wildman–Crippen MR) is 65.3 cm³/mol. The number of rotatable bonds is 3. The van der Waals surface area contributed by atoms with Crippen molar-refractivity contribution in [1.29, 1.82) is 0 Å². The number of hydrogen-bond acceptors (Lipinski definition) is 3. The average molecular weight is 284 g/mol. The highest BCUT2D eigenvalue weighted by Crippen LogP contribution is 2.26. The van der Waals surface area contributed by atoms with Crippen molar-refractivity contribution in [2.24, 2.45) is 0 Å². The van der Waals surface area contributed by atoms with E-state index in [4.69, 9.17) is 4.74 Å². The van der Waals surface area contributed by atoms with Crippen molar-refractivity contribution < 1.29 is 4.74 Å². The van der Waals surface area contributed by atoms with Crippen molar-refractivity contribution in [3.63, 3.8) is 0 Å². The Labute approximate surface area is 101 Å². The maximum Gasteiger partial charge on any atom is 0.228 e. The smallest absolute Gasteiger partial charge is 0.228 e. The molecule has 2 rings (SSSR count). The molecule has 0 radical (unpaired) electrons. The van der Waals surface area contributed by atoms with Crippen LogP contribution in [0.2, 0.25) is 0 Å². The number of hydrogen-bond donors (Lipinski definition) is 0. The zero-order valence-electron chi connectivity index (χ0n) is 8.24. The second kappa shape index (κ2) is 4.77. The Morgan fingerprint density at radius 2 is 2.33 bits per heavy atom. The van der Waals surface area contributed by atoms with E-state index in [1.54, 1.807) is 17.5 Å². The van der Waals surface area contributed by atoms with E-state index in [2.05, 4.69) is 20.9 Å².